The van der Waals surface area contributed by atoms with E-state index in [0.717, 1.165) is 17.1 Å². The molecule has 0 aliphatic carbocycles. The average Bonchev–Trinajstić information content (AvgIpc) is 2.94. The Balaban J connectivity index is 2.19. The van der Waals surface area contributed by atoms with E-state index in [9.17, 15) is 12.8 Å². The average molecular weight is 350 g/mol. The molecule has 0 saturated carbocycles. The first-order chi connectivity index (χ1) is 9.81. The van der Waals surface area contributed by atoms with Crippen molar-refractivity contribution in [3.8, 4) is 0 Å². The molecule has 114 valence electrons. The zero-order chi connectivity index (χ0) is 15.6. The Kier molecular flexibility index (Phi) is 4.82. The molecule has 5 nitrogen and oxygen atoms in total. The molecule has 21 heavy (non-hydrogen) atoms. The van der Waals surface area contributed by atoms with E-state index in [2.05, 4.69) is 9.71 Å². The van der Waals surface area contributed by atoms with E-state index in [1.54, 1.807) is 11.6 Å². The Morgan fingerprint density at radius 1 is 1.52 bits per heavy atom. The van der Waals surface area contributed by atoms with Crippen LogP contribution in [0.1, 0.15) is 17.8 Å². The summed E-state index contributed by atoms with van der Waals surface area (Å²) in [5.74, 6) is -1.13. The summed E-state index contributed by atoms with van der Waals surface area (Å²) in [6.07, 6.45) is 1.64. The van der Waals surface area contributed by atoms with Crippen LogP contribution in [-0.2, 0) is 10.0 Å². The lowest BCUT2D eigenvalue weighted by molar-refractivity contribution is 0.554. The van der Waals surface area contributed by atoms with Crippen LogP contribution in [0.4, 0.5) is 10.1 Å². The number of halogens is 2. The summed E-state index contributed by atoms with van der Waals surface area (Å²) in [6.45, 7) is 1.92. The van der Waals surface area contributed by atoms with Crippen LogP contribution in [-0.4, -0.2) is 19.9 Å². The van der Waals surface area contributed by atoms with Crippen LogP contribution >= 0.6 is 22.9 Å². The minimum Gasteiger partial charge on any atom is -0.396 e. The smallest absolute Gasteiger partial charge is 0.243 e. The first kappa shape index (κ1) is 16.2. The van der Waals surface area contributed by atoms with Crippen LogP contribution in [0.3, 0.4) is 0 Å². The van der Waals surface area contributed by atoms with Gasteiger partial charge in [0.15, 0.2) is 5.82 Å². The number of nitrogens with zero attached hydrogens (tertiary/aromatic N) is 1. The Labute approximate surface area is 131 Å². The van der Waals surface area contributed by atoms with Gasteiger partial charge in [-0.05, 0) is 12.1 Å². The first-order valence-corrected chi connectivity index (χ1v) is 8.69. The number of benzene rings is 1. The molecule has 0 aliphatic rings. The normalized spacial score (nSPS) is 13.3. The highest BCUT2D eigenvalue weighted by Gasteiger charge is 2.23. The number of nitrogens with two attached hydrogens (primary N) is 1. The molecule has 1 aromatic carbocycles. The second-order valence-corrected chi connectivity index (χ2v) is 7.53. The summed E-state index contributed by atoms with van der Waals surface area (Å²) in [5.41, 5.74) is 5.08. The van der Waals surface area contributed by atoms with Crippen molar-refractivity contribution in [2.45, 2.75) is 17.7 Å². The highest BCUT2D eigenvalue weighted by molar-refractivity contribution is 7.89. The van der Waals surface area contributed by atoms with Crippen LogP contribution in [0.25, 0.3) is 0 Å². The summed E-state index contributed by atoms with van der Waals surface area (Å²) in [5, 5.41) is 2.66. The van der Waals surface area contributed by atoms with E-state index in [1.165, 1.54) is 11.3 Å². The second kappa shape index (κ2) is 6.27. The lowest BCUT2D eigenvalue weighted by Gasteiger charge is -2.12. The van der Waals surface area contributed by atoms with Gasteiger partial charge in [0, 0.05) is 29.1 Å². The van der Waals surface area contributed by atoms with E-state index >= 15 is 0 Å². The van der Waals surface area contributed by atoms with Crippen molar-refractivity contribution in [2.75, 3.05) is 12.3 Å². The number of aromatic nitrogens is 1. The minimum absolute atomic E-state index is 0.0576. The highest BCUT2D eigenvalue weighted by atomic mass is 35.5. The third kappa shape index (κ3) is 3.70. The number of hydrogen-bond acceptors (Lipinski definition) is 5. The summed E-state index contributed by atoms with van der Waals surface area (Å²) >= 11 is 7.15. The van der Waals surface area contributed by atoms with E-state index < -0.39 is 20.7 Å². The maximum Gasteiger partial charge on any atom is 0.243 e. The van der Waals surface area contributed by atoms with E-state index in [0.29, 0.717) is 0 Å². The van der Waals surface area contributed by atoms with Crippen LogP contribution < -0.4 is 10.5 Å². The SMILES string of the molecule is CC(CNS(=O)(=O)c1cc(Cl)cc(N)c1F)c1nccs1. The van der Waals surface area contributed by atoms with Crippen LogP contribution in [0.5, 0.6) is 0 Å². The van der Waals surface area contributed by atoms with Gasteiger partial charge in [0.05, 0.1) is 10.7 Å². The van der Waals surface area contributed by atoms with Gasteiger partial charge in [0.1, 0.15) is 4.90 Å². The molecule has 0 saturated heterocycles. The van der Waals surface area contributed by atoms with E-state index in [1.807, 2.05) is 6.92 Å². The van der Waals surface area contributed by atoms with E-state index in [4.69, 9.17) is 17.3 Å². The molecule has 0 fully saturated rings. The molecule has 1 heterocycles. The molecule has 0 amide bonds. The topological polar surface area (TPSA) is 85.1 Å². The van der Waals surface area contributed by atoms with Gasteiger partial charge in [-0.15, -0.1) is 11.3 Å². The zero-order valence-electron chi connectivity index (χ0n) is 11.0. The van der Waals surface area contributed by atoms with Gasteiger partial charge < -0.3 is 5.73 Å². The molecule has 0 radical (unpaired) electrons. The third-order valence-corrected chi connectivity index (χ3v) is 5.42. The van der Waals surface area contributed by atoms with Gasteiger partial charge in [-0.25, -0.2) is 22.5 Å². The van der Waals surface area contributed by atoms with Crippen molar-refractivity contribution in [1.29, 1.82) is 0 Å². The zero-order valence-corrected chi connectivity index (χ0v) is 13.4. The molecule has 0 spiro atoms. The molecule has 0 aliphatic heterocycles. The van der Waals surface area contributed by atoms with Gasteiger partial charge in [-0.3, -0.25) is 0 Å². The quantitative estimate of drug-likeness (QED) is 0.812. The molecular weight excluding hydrogens is 337 g/mol. The van der Waals surface area contributed by atoms with Crippen molar-refractivity contribution in [1.82, 2.24) is 9.71 Å². The fourth-order valence-corrected chi connectivity index (χ4v) is 3.91. The number of anilines is 1. The first-order valence-electron chi connectivity index (χ1n) is 5.95. The van der Waals surface area contributed by atoms with Crippen molar-refractivity contribution in [3.05, 3.63) is 39.6 Å². The Morgan fingerprint density at radius 3 is 2.86 bits per heavy atom. The molecule has 9 heteroatoms. The summed E-state index contributed by atoms with van der Waals surface area (Å²) < 4.78 is 40.5. The monoisotopic (exact) mass is 349 g/mol. The third-order valence-electron chi connectivity index (χ3n) is 2.77. The number of thiazole rings is 1. The Morgan fingerprint density at radius 2 is 2.24 bits per heavy atom. The number of hydrogen-bond donors (Lipinski definition) is 2. The number of rotatable bonds is 5. The standard InChI is InChI=1S/C12H13ClFN3O2S2/c1-7(12-16-2-3-20-12)6-17-21(18,19)10-5-8(13)4-9(15)11(10)14/h2-5,7,17H,6,15H2,1H3. The molecule has 2 rings (SSSR count). The molecule has 0 bridgehead atoms. The molecule has 1 atom stereocenters. The van der Waals surface area contributed by atoms with Gasteiger partial charge >= 0.3 is 0 Å². The maximum atomic E-state index is 13.9. The number of nitrogen functional groups attached to an aromatic ring is 1. The van der Waals surface area contributed by atoms with Gasteiger partial charge in [-0.1, -0.05) is 18.5 Å². The summed E-state index contributed by atoms with van der Waals surface area (Å²) in [6, 6.07) is 2.19. The van der Waals surface area contributed by atoms with Crippen LogP contribution in [0, 0.1) is 5.82 Å². The lowest BCUT2D eigenvalue weighted by atomic mass is 10.2. The predicted molar refractivity (Wildman–Crippen MR) is 81.5 cm³/mol. The van der Waals surface area contributed by atoms with Crippen molar-refractivity contribution >= 4 is 38.6 Å². The van der Waals surface area contributed by atoms with Gasteiger partial charge in [-0.2, -0.15) is 0 Å². The van der Waals surface area contributed by atoms with Gasteiger partial charge in [0.25, 0.3) is 0 Å². The summed E-state index contributed by atoms with van der Waals surface area (Å²) in [7, 11) is -4.03. The molecule has 3 N–H and O–H groups in total. The fourth-order valence-electron chi connectivity index (χ4n) is 1.66. The maximum absolute atomic E-state index is 13.9. The summed E-state index contributed by atoms with van der Waals surface area (Å²) in [4.78, 5) is 3.55. The second-order valence-electron chi connectivity index (χ2n) is 4.43. The Bertz CT molecular complexity index is 735. The van der Waals surface area contributed by atoms with Crippen LogP contribution in [0.15, 0.2) is 28.6 Å². The van der Waals surface area contributed by atoms with Gasteiger partial charge in [0.2, 0.25) is 10.0 Å². The van der Waals surface area contributed by atoms with Crippen molar-refractivity contribution < 1.29 is 12.8 Å². The predicted octanol–water partition coefficient (Wildman–Crippen LogP) is 2.60. The molecular formula is C12H13ClFN3O2S2. The highest BCUT2D eigenvalue weighted by Crippen LogP contribution is 2.25. The molecule has 2 aromatic rings. The fraction of sp³-hybridized carbons (Fsp3) is 0.250. The van der Waals surface area contributed by atoms with Crippen LogP contribution in [0.2, 0.25) is 5.02 Å². The molecule has 1 aromatic heterocycles. The lowest BCUT2D eigenvalue weighted by Crippen LogP contribution is -2.28. The van der Waals surface area contributed by atoms with Crippen molar-refractivity contribution in [3.63, 3.8) is 0 Å². The van der Waals surface area contributed by atoms with Crippen molar-refractivity contribution in [2.24, 2.45) is 0 Å². The van der Waals surface area contributed by atoms with E-state index in [-0.39, 0.29) is 23.2 Å². The number of nitrogens with one attached hydrogen (secondary N) is 1. The molecule has 1 unspecified atom stereocenters. The number of sulfonamides is 1. The largest absolute Gasteiger partial charge is 0.396 e. The minimum atomic E-state index is -4.03. The Hall–Kier alpha value is -1.22.